The average Bonchev–Trinajstić information content (AvgIpc) is 2.33. The van der Waals surface area contributed by atoms with Crippen molar-refractivity contribution < 1.29 is 45.4 Å². The van der Waals surface area contributed by atoms with Gasteiger partial charge in [-0.15, -0.1) is 0 Å². The molecule has 1 N–H and O–H groups in total. The minimum atomic E-state index is -1.00. The molecule has 1 rings (SSSR count). The third kappa shape index (κ3) is 14.2. The van der Waals surface area contributed by atoms with Crippen molar-refractivity contribution in [3.63, 3.8) is 0 Å². The molecule has 0 unspecified atom stereocenters. The summed E-state index contributed by atoms with van der Waals surface area (Å²) in [6, 6.07) is 0. The molecule has 0 radical (unpaired) electrons. The number of aliphatic carboxylic acids is 1. The molecular weight excluding hydrogens is 193 g/mol. The summed E-state index contributed by atoms with van der Waals surface area (Å²) in [5.41, 5.74) is 0. The van der Waals surface area contributed by atoms with E-state index in [4.69, 9.17) is 0 Å². The molecule has 14 heavy (non-hydrogen) atoms. The van der Waals surface area contributed by atoms with Gasteiger partial charge >= 0.3 is 29.6 Å². The smallest absolute Gasteiger partial charge is 1.00 e. The van der Waals surface area contributed by atoms with Crippen LogP contribution in [0.25, 0.3) is 0 Å². The van der Waals surface area contributed by atoms with Gasteiger partial charge in [-0.3, -0.25) is 0 Å². The Morgan fingerprint density at radius 3 is 2.21 bits per heavy atom. The van der Waals surface area contributed by atoms with Crippen molar-refractivity contribution in [1.82, 2.24) is 9.97 Å². The van der Waals surface area contributed by atoms with Gasteiger partial charge in [-0.05, 0) is 0 Å². The number of imidazole rings is 1. The number of nitrogens with one attached hydrogen (secondary N) is 1. The number of carboxylic acids is 1. The third-order valence-electron chi connectivity index (χ3n) is 1.01. The second-order valence-electron chi connectivity index (χ2n) is 3.58. The Morgan fingerprint density at radius 2 is 2.14 bits per heavy atom. The molecule has 5 nitrogen and oxygen atoms in total. The van der Waals surface area contributed by atoms with Crippen LogP contribution in [0.15, 0.2) is 18.7 Å². The zero-order valence-electron chi connectivity index (χ0n) is 10.2. The molecule has 0 spiro atoms. The van der Waals surface area contributed by atoms with Crippen molar-refractivity contribution in [1.29, 1.82) is 0 Å². The number of rotatable bonds is 2. The van der Waals surface area contributed by atoms with E-state index in [1.54, 1.807) is 39.9 Å². The maximum absolute atomic E-state index is 9.89. The van der Waals surface area contributed by atoms with Crippen molar-refractivity contribution in [3.05, 3.63) is 18.7 Å². The summed E-state index contributed by atoms with van der Waals surface area (Å²) >= 11 is 0. The standard InChI is InChI=1S/C5H11NO2.C3H4N2.Na.H/c1-6(2,3)4-5(7)8;1-2-5-3-4-1;;/h4H2,1-3H3;1-3H,(H,4,5);;/q;;+1;-1. The number of aromatic nitrogens is 2. The van der Waals surface area contributed by atoms with Crippen LogP contribution in [0.5, 0.6) is 0 Å². The van der Waals surface area contributed by atoms with E-state index in [1.165, 1.54) is 0 Å². The number of quaternary nitrogens is 1. The van der Waals surface area contributed by atoms with E-state index in [0.29, 0.717) is 4.48 Å². The Kier molecular flexibility index (Phi) is 9.18. The van der Waals surface area contributed by atoms with Crippen molar-refractivity contribution in [2.45, 2.75) is 0 Å². The monoisotopic (exact) mass is 209 g/mol. The van der Waals surface area contributed by atoms with Gasteiger partial charge in [0.1, 0.15) is 6.54 Å². The van der Waals surface area contributed by atoms with E-state index < -0.39 is 5.97 Å². The van der Waals surface area contributed by atoms with E-state index in [2.05, 4.69) is 9.97 Å². The topological polar surface area (TPSA) is 68.8 Å². The van der Waals surface area contributed by atoms with E-state index in [-0.39, 0.29) is 37.5 Å². The maximum atomic E-state index is 9.89. The fourth-order valence-corrected chi connectivity index (χ4v) is 0.602. The van der Waals surface area contributed by atoms with E-state index in [9.17, 15) is 9.90 Å². The van der Waals surface area contributed by atoms with Crippen LogP contribution in [0, 0.1) is 0 Å². The molecule has 0 aliphatic carbocycles. The van der Waals surface area contributed by atoms with Crippen LogP contribution in [0.1, 0.15) is 1.43 Å². The molecule has 0 saturated carbocycles. The van der Waals surface area contributed by atoms with Gasteiger partial charge in [-0.2, -0.15) is 0 Å². The Hall–Kier alpha value is -0.360. The molecule has 76 valence electrons. The number of H-pyrrole nitrogens is 1. The van der Waals surface area contributed by atoms with Crippen LogP contribution in [0.4, 0.5) is 0 Å². The quantitative estimate of drug-likeness (QED) is 0.398. The van der Waals surface area contributed by atoms with Crippen molar-refractivity contribution in [2.75, 3.05) is 27.7 Å². The molecule has 0 aromatic carbocycles. The SMILES string of the molecule is C[N+](C)(C)CC(=O)[O-].[H-].[Na+].c1c[nH]cn1. The Morgan fingerprint density at radius 1 is 1.57 bits per heavy atom. The molecule has 0 atom stereocenters. The van der Waals surface area contributed by atoms with Crippen LogP contribution in [-0.2, 0) is 4.79 Å². The Bertz CT molecular complexity index is 219. The second kappa shape index (κ2) is 7.99. The van der Waals surface area contributed by atoms with Crippen LogP contribution in [0.2, 0.25) is 0 Å². The van der Waals surface area contributed by atoms with Crippen molar-refractivity contribution >= 4 is 5.97 Å². The molecule has 0 aliphatic rings. The molecule has 0 aliphatic heterocycles. The van der Waals surface area contributed by atoms with E-state index in [1.807, 2.05) is 0 Å². The first-order chi connectivity index (χ1) is 5.92. The fourth-order valence-electron chi connectivity index (χ4n) is 0.602. The van der Waals surface area contributed by atoms with Crippen molar-refractivity contribution in [2.24, 2.45) is 0 Å². The first-order valence-corrected chi connectivity index (χ1v) is 3.85. The molecule has 6 heteroatoms. The zero-order valence-corrected chi connectivity index (χ0v) is 11.2. The molecule has 0 fully saturated rings. The molecule has 0 bridgehead atoms. The molecule has 1 aromatic heterocycles. The number of carbonyl (C=O) groups is 1. The van der Waals surface area contributed by atoms with Gasteiger partial charge in [-0.1, -0.05) is 0 Å². The zero-order chi connectivity index (χ0) is 10.3. The summed E-state index contributed by atoms with van der Waals surface area (Å²) in [5.74, 6) is -1.00. The van der Waals surface area contributed by atoms with Gasteiger partial charge < -0.3 is 20.8 Å². The average molecular weight is 209 g/mol. The number of aromatic amines is 1. The Labute approximate surface area is 108 Å². The molecule has 0 amide bonds. The minimum absolute atomic E-state index is 0. The number of likely N-dealkylation sites (N-methyl/N-ethyl adjacent to an activating group) is 1. The summed E-state index contributed by atoms with van der Waals surface area (Å²) in [5, 5.41) is 9.89. The number of hydrogen-bond donors (Lipinski definition) is 1. The van der Waals surface area contributed by atoms with Crippen molar-refractivity contribution in [3.8, 4) is 0 Å². The summed E-state index contributed by atoms with van der Waals surface area (Å²) in [6.07, 6.45) is 5.08. The van der Waals surface area contributed by atoms with Gasteiger partial charge in [0.15, 0.2) is 0 Å². The fraction of sp³-hybridized carbons (Fsp3) is 0.500. The van der Waals surface area contributed by atoms with Gasteiger partial charge in [0.2, 0.25) is 0 Å². The predicted molar refractivity (Wildman–Crippen MR) is 47.6 cm³/mol. The first kappa shape index (κ1) is 16.1. The van der Waals surface area contributed by atoms with Gasteiger partial charge in [-0.25, -0.2) is 4.98 Å². The van der Waals surface area contributed by atoms with Crippen LogP contribution in [0.3, 0.4) is 0 Å². The number of carbonyl (C=O) groups excluding carboxylic acids is 1. The van der Waals surface area contributed by atoms with Crippen LogP contribution >= 0.6 is 0 Å². The summed E-state index contributed by atoms with van der Waals surface area (Å²) in [6.45, 7) is 0.0694. The molecule has 0 saturated heterocycles. The van der Waals surface area contributed by atoms with Crippen LogP contribution < -0.4 is 34.7 Å². The summed E-state index contributed by atoms with van der Waals surface area (Å²) in [7, 11) is 5.40. The van der Waals surface area contributed by atoms with Gasteiger partial charge in [0.05, 0.1) is 33.4 Å². The first-order valence-electron chi connectivity index (χ1n) is 3.85. The minimum Gasteiger partial charge on any atom is -1.00 e. The molecule has 1 aromatic rings. The maximum Gasteiger partial charge on any atom is 1.00 e. The number of nitrogens with zero attached hydrogens (tertiary/aromatic N) is 2. The molecular formula is C8H16N3NaO2. The van der Waals surface area contributed by atoms with Gasteiger partial charge in [0.25, 0.3) is 0 Å². The normalized spacial score (nSPS) is 9.36. The largest absolute Gasteiger partial charge is 1.00 e. The molecule has 1 heterocycles. The van der Waals surface area contributed by atoms with E-state index >= 15 is 0 Å². The third-order valence-corrected chi connectivity index (χ3v) is 1.01. The van der Waals surface area contributed by atoms with E-state index in [0.717, 1.165) is 0 Å². The van der Waals surface area contributed by atoms with Crippen LogP contribution in [-0.4, -0.2) is 48.1 Å². The summed E-state index contributed by atoms with van der Waals surface area (Å²) < 4.78 is 0.419. The Balaban J connectivity index is -0.000000180. The number of carboxylic acid groups (broad SMARTS) is 1. The predicted octanol–water partition coefficient (Wildman–Crippen LogP) is -4.03. The summed E-state index contributed by atoms with van der Waals surface area (Å²) in [4.78, 5) is 16.3. The second-order valence-corrected chi connectivity index (χ2v) is 3.58. The number of hydrogen-bond acceptors (Lipinski definition) is 3. The van der Waals surface area contributed by atoms with Gasteiger partial charge in [0, 0.05) is 12.4 Å².